The van der Waals surface area contributed by atoms with Gasteiger partial charge in [0, 0.05) is 36.4 Å². The molecular weight excluding hydrogens is 442 g/mol. The Kier molecular flexibility index (Phi) is 5.91. The average Bonchev–Trinajstić information content (AvgIpc) is 3.39. The first-order chi connectivity index (χ1) is 16.9. The van der Waals surface area contributed by atoms with Crippen LogP contribution in [0.1, 0.15) is 55.0 Å². The maximum Gasteiger partial charge on any atom is 0.261 e. The second-order valence-corrected chi connectivity index (χ2v) is 8.88. The molecule has 7 nitrogen and oxygen atoms in total. The lowest BCUT2D eigenvalue weighted by Crippen LogP contribution is -2.31. The van der Waals surface area contributed by atoms with Crippen LogP contribution in [0.3, 0.4) is 0 Å². The highest BCUT2D eigenvalue weighted by atomic mass is 16.2. The van der Waals surface area contributed by atoms with Crippen molar-refractivity contribution in [1.29, 1.82) is 0 Å². The second-order valence-electron chi connectivity index (χ2n) is 8.88. The number of carbonyl (C=O) groups is 4. The van der Waals surface area contributed by atoms with Crippen molar-refractivity contribution >= 4 is 35.0 Å². The van der Waals surface area contributed by atoms with E-state index in [0.29, 0.717) is 35.3 Å². The Bertz CT molecular complexity index is 1350. The molecule has 0 aromatic heterocycles. The summed E-state index contributed by atoms with van der Waals surface area (Å²) in [6, 6.07) is 19.9. The maximum absolute atomic E-state index is 12.9. The summed E-state index contributed by atoms with van der Waals surface area (Å²) in [5.74, 6) is -0.907. The summed E-state index contributed by atoms with van der Waals surface area (Å²) in [5, 5.41) is 2.81. The fourth-order valence-electron chi connectivity index (χ4n) is 4.63. The van der Waals surface area contributed by atoms with Crippen molar-refractivity contribution in [3.63, 3.8) is 0 Å². The van der Waals surface area contributed by atoms with Crippen LogP contribution in [-0.4, -0.2) is 41.6 Å². The molecule has 0 unspecified atom stereocenters. The number of rotatable bonds is 6. The van der Waals surface area contributed by atoms with Crippen molar-refractivity contribution in [3.05, 3.63) is 94.5 Å². The number of amides is 4. The highest BCUT2D eigenvalue weighted by Crippen LogP contribution is 2.29. The Labute approximate surface area is 203 Å². The lowest BCUT2D eigenvalue weighted by Gasteiger charge is -2.17. The number of hydrogen-bond acceptors (Lipinski definition) is 4. The number of para-hydroxylation sites is 1. The van der Waals surface area contributed by atoms with Crippen molar-refractivity contribution in [2.75, 3.05) is 23.3 Å². The Morgan fingerprint density at radius 2 is 1.66 bits per heavy atom. The number of aryl methyl sites for hydroxylation is 1. The van der Waals surface area contributed by atoms with E-state index in [0.717, 1.165) is 17.7 Å². The van der Waals surface area contributed by atoms with Gasteiger partial charge in [-0.05, 0) is 67.8 Å². The Balaban J connectivity index is 1.13. The monoisotopic (exact) mass is 467 g/mol. The van der Waals surface area contributed by atoms with Crippen LogP contribution in [0.25, 0.3) is 0 Å². The van der Waals surface area contributed by atoms with Crippen LogP contribution >= 0.6 is 0 Å². The van der Waals surface area contributed by atoms with Crippen LogP contribution in [0.2, 0.25) is 0 Å². The number of nitrogens with zero attached hydrogens (tertiary/aromatic N) is 2. The zero-order chi connectivity index (χ0) is 24.5. The molecule has 176 valence electrons. The molecule has 3 aromatic rings. The third-order valence-electron chi connectivity index (χ3n) is 6.46. The number of benzene rings is 3. The molecule has 2 aliphatic heterocycles. The van der Waals surface area contributed by atoms with Crippen molar-refractivity contribution < 1.29 is 19.2 Å². The second kappa shape index (κ2) is 9.18. The highest BCUT2D eigenvalue weighted by Gasteiger charge is 2.35. The topological polar surface area (TPSA) is 86.8 Å². The van der Waals surface area contributed by atoms with Crippen molar-refractivity contribution in [3.8, 4) is 0 Å². The quantitative estimate of drug-likeness (QED) is 0.550. The summed E-state index contributed by atoms with van der Waals surface area (Å²) in [4.78, 5) is 53.4. The maximum atomic E-state index is 12.9. The van der Waals surface area contributed by atoms with Gasteiger partial charge in [-0.3, -0.25) is 24.1 Å². The fraction of sp³-hybridized carbons (Fsp3) is 0.214. The molecule has 3 aromatic carbocycles. The molecule has 4 amide bonds. The van der Waals surface area contributed by atoms with E-state index in [2.05, 4.69) is 5.32 Å². The first-order valence-electron chi connectivity index (χ1n) is 11.7. The van der Waals surface area contributed by atoms with Crippen molar-refractivity contribution in [1.82, 2.24) is 4.90 Å². The molecule has 0 radical (unpaired) electrons. The van der Waals surface area contributed by atoms with E-state index in [-0.39, 0.29) is 36.6 Å². The smallest absolute Gasteiger partial charge is 0.261 e. The number of imide groups is 1. The summed E-state index contributed by atoms with van der Waals surface area (Å²) < 4.78 is 0. The molecule has 0 bridgehead atoms. The largest absolute Gasteiger partial charge is 0.326 e. The highest BCUT2D eigenvalue weighted by molar-refractivity contribution is 6.21. The van der Waals surface area contributed by atoms with E-state index >= 15 is 0 Å². The lowest BCUT2D eigenvalue weighted by molar-refractivity contribution is -0.116. The zero-order valence-electron chi connectivity index (χ0n) is 19.4. The molecule has 0 saturated carbocycles. The number of fused-ring (bicyclic) bond motifs is 2. The SMILES string of the molecule is Cc1ccc2c(c1)C(=O)N(CCCC(=O)Nc1ccc(C(=O)N3CCc4ccccc43)cc1)C2=O. The molecule has 35 heavy (non-hydrogen) atoms. The van der Waals surface area contributed by atoms with E-state index in [1.807, 2.05) is 37.3 Å². The standard InChI is InChI=1S/C28H25N3O4/c1-18-8-13-22-23(17-18)28(35)31(27(22)34)15-4-7-25(32)29-21-11-9-20(10-12-21)26(33)30-16-14-19-5-2-3-6-24(19)30/h2-3,5-6,8-13,17H,4,7,14-16H2,1H3,(H,29,32). The summed E-state index contributed by atoms with van der Waals surface area (Å²) in [7, 11) is 0. The van der Waals surface area contributed by atoms with Gasteiger partial charge in [0.15, 0.2) is 0 Å². The normalized spacial score (nSPS) is 14.2. The third-order valence-corrected chi connectivity index (χ3v) is 6.46. The van der Waals surface area contributed by atoms with Crippen molar-refractivity contribution in [2.24, 2.45) is 0 Å². The van der Waals surface area contributed by atoms with Gasteiger partial charge in [-0.25, -0.2) is 0 Å². The Morgan fingerprint density at radius 1 is 0.914 bits per heavy atom. The predicted octanol–water partition coefficient (Wildman–Crippen LogP) is 4.21. The van der Waals surface area contributed by atoms with Crippen LogP contribution in [0.5, 0.6) is 0 Å². The Hall–Kier alpha value is -4.26. The van der Waals surface area contributed by atoms with Gasteiger partial charge in [0.2, 0.25) is 5.91 Å². The van der Waals surface area contributed by atoms with Crippen LogP contribution in [0, 0.1) is 6.92 Å². The minimum Gasteiger partial charge on any atom is -0.326 e. The first kappa shape index (κ1) is 22.5. The fourth-order valence-corrected chi connectivity index (χ4v) is 4.63. The van der Waals surface area contributed by atoms with Gasteiger partial charge in [0.1, 0.15) is 0 Å². The number of carbonyl (C=O) groups excluding carboxylic acids is 4. The summed E-state index contributed by atoms with van der Waals surface area (Å²) in [6.07, 6.45) is 1.37. The number of hydrogen-bond donors (Lipinski definition) is 1. The van der Waals surface area contributed by atoms with E-state index in [1.165, 1.54) is 10.5 Å². The summed E-state index contributed by atoms with van der Waals surface area (Å²) in [6.45, 7) is 2.71. The van der Waals surface area contributed by atoms with Gasteiger partial charge < -0.3 is 10.2 Å². The third kappa shape index (κ3) is 4.33. The minimum absolute atomic E-state index is 0.0658. The van der Waals surface area contributed by atoms with Gasteiger partial charge in [0.05, 0.1) is 11.1 Å². The van der Waals surface area contributed by atoms with Gasteiger partial charge in [0.25, 0.3) is 17.7 Å². The molecular formula is C28H25N3O4. The molecule has 2 heterocycles. The van der Waals surface area contributed by atoms with Gasteiger partial charge >= 0.3 is 0 Å². The van der Waals surface area contributed by atoms with E-state index in [9.17, 15) is 19.2 Å². The van der Waals surface area contributed by atoms with Crippen LogP contribution in [-0.2, 0) is 11.2 Å². The average molecular weight is 468 g/mol. The first-order valence-corrected chi connectivity index (χ1v) is 11.7. The molecule has 0 atom stereocenters. The Morgan fingerprint density at radius 3 is 2.46 bits per heavy atom. The number of nitrogens with one attached hydrogen (secondary N) is 1. The molecule has 7 heteroatoms. The van der Waals surface area contributed by atoms with E-state index in [4.69, 9.17) is 0 Å². The molecule has 2 aliphatic rings. The molecule has 0 aliphatic carbocycles. The van der Waals surface area contributed by atoms with Crippen LogP contribution in [0.15, 0.2) is 66.7 Å². The summed E-state index contributed by atoms with van der Waals surface area (Å²) >= 11 is 0. The van der Waals surface area contributed by atoms with Crippen LogP contribution < -0.4 is 10.2 Å². The summed E-state index contributed by atoms with van der Waals surface area (Å²) in [5.41, 5.74) is 5.02. The molecule has 0 fully saturated rings. The van der Waals surface area contributed by atoms with Gasteiger partial charge in [-0.2, -0.15) is 0 Å². The van der Waals surface area contributed by atoms with E-state index < -0.39 is 0 Å². The predicted molar refractivity (Wildman–Crippen MR) is 133 cm³/mol. The van der Waals surface area contributed by atoms with Gasteiger partial charge in [-0.1, -0.05) is 29.8 Å². The lowest BCUT2D eigenvalue weighted by atomic mass is 10.1. The molecule has 0 saturated heterocycles. The molecule has 1 N–H and O–H groups in total. The molecule has 5 rings (SSSR count). The van der Waals surface area contributed by atoms with Gasteiger partial charge in [-0.15, -0.1) is 0 Å². The number of anilines is 2. The van der Waals surface area contributed by atoms with Crippen molar-refractivity contribution in [2.45, 2.75) is 26.2 Å². The zero-order valence-corrected chi connectivity index (χ0v) is 19.4. The molecule has 0 spiro atoms. The minimum atomic E-state index is -0.314. The van der Waals surface area contributed by atoms with Crippen LogP contribution in [0.4, 0.5) is 11.4 Å². The van der Waals surface area contributed by atoms with E-state index in [1.54, 1.807) is 41.3 Å².